The van der Waals surface area contributed by atoms with Crippen LogP contribution in [0.15, 0.2) is 30.3 Å². The lowest BCUT2D eigenvalue weighted by molar-refractivity contribution is 0.0941. The summed E-state index contributed by atoms with van der Waals surface area (Å²) < 4.78 is 5.57. The minimum atomic E-state index is 0.0249. The summed E-state index contributed by atoms with van der Waals surface area (Å²) >= 11 is 1.58. The van der Waals surface area contributed by atoms with Crippen molar-refractivity contribution in [3.8, 4) is 5.75 Å². The first-order chi connectivity index (χ1) is 12.6. The van der Waals surface area contributed by atoms with E-state index in [1.165, 1.54) is 23.3 Å². The normalized spacial score (nSPS) is 15.8. The summed E-state index contributed by atoms with van der Waals surface area (Å²) in [7, 11) is 1.71. The highest BCUT2D eigenvalue weighted by Crippen LogP contribution is 2.31. The minimum absolute atomic E-state index is 0.0249. The van der Waals surface area contributed by atoms with Crippen LogP contribution in [0, 0.1) is 6.92 Å². The zero-order chi connectivity index (χ0) is 18.5. The topological polar surface area (TPSA) is 41.6 Å². The fourth-order valence-electron chi connectivity index (χ4n) is 3.69. The predicted octanol–water partition coefficient (Wildman–Crippen LogP) is 4.19. The Morgan fingerprint density at radius 1 is 1.31 bits per heavy atom. The summed E-state index contributed by atoms with van der Waals surface area (Å²) in [5.41, 5.74) is 2.41. The molecule has 26 heavy (non-hydrogen) atoms. The van der Waals surface area contributed by atoms with E-state index in [-0.39, 0.29) is 11.9 Å². The molecule has 140 valence electrons. The van der Waals surface area contributed by atoms with Crippen LogP contribution in [0.1, 0.15) is 51.5 Å². The smallest absolute Gasteiger partial charge is 0.261 e. The molecular formula is C21H28N2O2S. The molecule has 1 aromatic carbocycles. The van der Waals surface area contributed by atoms with E-state index in [1.807, 2.05) is 24.3 Å². The number of carbonyl (C=O) groups excluding carboxylic acids is 1. The van der Waals surface area contributed by atoms with Gasteiger partial charge in [-0.2, -0.15) is 0 Å². The Labute approximate surface area is 160 Å². The Morgan fingerprint density at radius 3 is 2.69 bits per heavy atom. The van der Waals surface area contributed by atoms with Gasteiger partial charge in [0.1, 0.15) is 5.75 Å². The first kappa shape index (κ1) is 18.9. The number of rotatable bonds is 7. The molecule has 3 rings (SSSR count). The number of ether oxygens (including phenoxy) is 1. The van der Waals surface area contributed by atoms with Crippen LogP contribution in [0.2, 0.25) is 0 Å². The molecule has 1 fully saturated rings. The largest absolute Gasteiger partial charge is 0.496 e. The summed E-state index contributed by atoms with van der Waals surface area (Å²) in [4.78, 5) is 17.2. The van der Waals surface area contributed by atoms with Gasteiger partial charge in [0.25, 0.3) is 5.91 Å². The molecule has 1 aliphatic heterocycles. The Kier molecular flexibility index (Phi) is 6.33. The lowest BCUT2D eigenvalue weighted by Gasteiger charge is -2.29. The van der Waals surface area contributed by atoms with E-state index in [1.54, 1.807) is 18.4 Å². The van der Waals surface area contributed by atoms with E-state index in [0.717, 1.165) is 35.7 Å². The van der Waals surface area contributed by atoms with Crippen molar-refractivity contribution in [1.29, 1.82) is 0 Å². The molecule has 1 amide bonds. The molecule has 1 N–H and O–H groups in total. The molecule has 1 saturated heterocycles. The van der Waals surface area contributed by atoms with Gasteiger partial charge < -0.3 is 10.1 Å². The molecule has 0 radical (unpaired) electrons. The molecule has 4 nitrogen and oxygen atoms in total. The van der Waals surface area contributed by atoms with Gasteiger partial charge in [-0.1, -0.05) is 25.1 Å². The molecule has 1 aromatic heterocycles. The van der Waals surface area contributed by atoms with Gasteiger partial charge in [0.2, 0.25) is 0 Å². The van der Waals surface area contributed by atoms with Gasteiger partial charge in [-0.25, -0.2) is 0 Å². The van der Waals surface area contributed by atoms with Crippen molar-refractivity contribution in [3.05, 3.63) is 51.2 Å². The average Bonchev–Trinajstić information content (AvgIpc) is 3.32. The van der Waals surface area contributed by atoms with Gasteiger partial charge in [-0.05, 0) is 57.0 Å². The number of aryl methyl sites for hydroxylation is 2. The first-order valence-electron chi connectivity index (χ1n) is 9.38. The summed E-state index contributed by atoms with van der Waals surface area (Å²) in [5.74, 6) is 0.913. The second-order valence-electron chi connectivity index (χ2n) is 6.76. The van der Waals surface area contributed by atoms with Gasteiger partial charge >= 0.3 is 0 Å². The summed E-state index contributed by atoms with van der Waals surface area (Å²) in [6, 6.07) is 10.3. The van der Waals surface area contributed by atoms with Crippen LogP contribution in [0.4, 0.5) is 0 Å². The maximum Gasteiger partial charge on any atom is 0.261 e. The molecule has 1 unspecified atom stereocenters. The highest BCUT2D eigenvalue weighted by molar-refractivity contribution is 7.14. The van der Waals surface area contributed by atoms with Crippen molar-refractivity contribution in [3.63, 3.8) is 0 Å². The number of carbonyl (C=O) groups is 1. The predicted molar refractivity (Wildman–Crippen MR) is 107 cm³/mol. The second-order valence-corrected chi connectivity index (χ2v) is 8.01. The number of methoxy groups -OCH3 is 1. The number of thiophene rings is 1. The van der Waals surface area contributed by atoms with Gasteiger partial charge in [-0.3, -0.25) is 9.69 Å². The van der Waals surface area contributed by atoms with Crippen molar-refractivity contribution in [2.75, 3.05) is 26.7 Å². The number of amides is 1. The quantitative estimate of drug-likeness (QED) is 0.792. The third kappa shape index (κ3) is 4.10. The lowest BCUT2D eigenvalue weighted by atomic mass is 10.0. The number of para-hydroxylation sites is 1. The van der Waals surface area contributed by atoms with Gasteiger partial charge in [0.05, 0.1) is 18.0 Å². The molecule has 0 saturated carbocycles. The van der Waals surface area contributed by atoms with E-state index in [4.69, 9.17) is 4.74 Å². The molecule has 1 aliphatic rings. The monoisotopic (exact) mass is 372 g/mol. The number of nitrogens with one attached hydrogen (secondary N) is 1. The van der Waals surface area contributed by atoms with Crippen LogP contribution >= 0.6 is 11.3 Å². The van der Waals surface area contributed by atoms with Crippen LogP contribution in [0.5, 0.6) is 5.75 Å². The number of hydrogen-bond acceptors (Lipinski definition) is 4. The van der Waals surface area contributed by atoms with Gasteiger partial charge in [0, 0.05) is 17.0 Å². The molecule has 5 heteroatoms. The van der Waals surface area contributed by atoms with Crippen molar-refractivity contribution >= 4 is 17.2 Å². The SMILES string of the molecule is CCc1cc(C(=O)NCC(c2ccccc2OC)N2CCCC2)sc1C. The van der Waals surface area contributed by atoms with Crippen LogP contribution in [0.25, 0.3) is 0 Å². The van der Waals surface area contributed by atoms with Crippen LogP contribution in [-0.4, -0.2) is 37.6 Å². The average molecular weight is 373 g/mol. The maximum atomic E-state index is 12.7. The maximum absolute atomic E-state index is 12.7. The minimum Gasteiger partial charge on any atom is -0.496 e. The van der Waals surface area contributed by atoms with Crippen molar-refractivity contribution in [2.24, 2.45) is 0 Å². The lowest BCUT2D eigenvalue weighted by Crippen LogP contribution is -2.36. The first-order valence-corrected chi connectivity index (χ1v) is 10.2. The summed E-state index contributed by atoms with van der Waals surface area (Å²) in [5, 5.41) is 3.16. The fraction of sp³-hybridized carbons (Fsp3) is 0.476. The Bertz CT molecular complexity index is 750. The highest BCUT2D eigenvalue weighted by Gasteiger charge is 2.26. The Morgan fingerprint density at radius 2 is 2.04 bits per heavy atom. The zero-order valence-electron chi connectivity index (χ0n) is 15.9. The van der Waals surface area contributed by atoms with Gasteiger partial charge in [0.15, 0.2) is 0 Å². The number of likely N-dealkylation sites (tertiary alicyclic amines) is 1. The molecule has 0 bridgehead atoms. The number of nitrogens with zero attached hydrogens (tertiary/aromatic N) is 1. The van der Waals surface area contributed by atoms with E-state index < -0.39 is 0 Å². The van der Waals surface area contributed by atoms with E-state index >= 15 is 0 Å². The van der Waals surface area contributed by atoms with Crippen LogP contribution in [-0.2, 0) is 6.42 Å². The summed E-state index contributed by atoms with van der Waals surface area (Å²) in [6.45, 7) is 6.94. The molecule has 2 aromatic rings. The van der Waals surface area contributed by atoms with Crippen molar-refractivity contribution in [1.82, 2.24) is 10.2 Å². The molecule has 0 spiro atoms. The van der Waals surface area contributed by atoms with Crippen LogP contribution < -0.4 is 10.1 Å². The van der Waals surface area contributed by atoms with E-state index in [9.17, 15) is 4.79 Å². The van der Waals surface area contributed by atoms with Crippen molar-refractivity contribution in [2.45, 2.75) is 39.2 Å². The third-order valence-corrected chi connectivity index (χ3v) is 6.25. The number of benzene rings is 1. The van der Waals surface area contributed by atoms with Gasteiger partial charge in [-0.15, -0.1) is 11.3 Å². The second kappa shape index (κ2) is 8.69. The highest BCUT2D eigenvalue weighted by atomic mass is 32.1. The van der Waals surface area contributed by atoms with Crippen LogP contribution in [0.3, 0.4) is 0 Å². The summed E-state index contributed by atoms with van der Waals surface area (Å²) in [6.07, 6.45) is 3.39. The fourth-order valence-corrected chi connectivity index (χ4v) is 4.72. The Balaban J connectivity index is 1.76. The molecule has 0 aliphatic carbocycles. The van der Waals surface area contributed by atoms with E-state index in [0.29, 0.717) is 6.54 Å². The molecule has 1 atom stereocenters. The number of hydrogen-bond donors (Lipinski definition) is 1. The molecular weight excluding hydrogens is 344 g/mol. The Hall–Kier alpha value is -1.85. The zero-order valence-corrected chi connectivity index (χ0v) is 16.7. The third-order valence-electron chi connectivity index (χ3n) is 5.16. The van der Waals surface area contributed by atoms with Crippen molar-refractivity contribution < 1.29 is 9.53 Å². The molecule has 2 heterocycles. The standard InChI is InChI=1S/C21H28N2O2S/c1-4-16-13-20(26-15(16)2)21(24)22-14-18(23-11-7-8-12-23)17-9-5-6-10-19(17)25-3/h5-6,9-10,13,18H,4,7-8,11-12,14H2,1-3H3,(H,22,24). The van der Waals surface area contributed by atoms with E-state index in [2.05, 4.69) is 30.1 Å².